The quantitative estimate of drug-likeness (QED) is 0.730. The number of carbonyl (C=O) groups is 1. The highest BCUT2D eigenvalue weighted by atomic mass is 79.9. The minimum Gasteiger partial charge on any atom is -0.494 e. The highest BCUT2D eigenvalue weighted by molar-refractivity contribution is 9.10. The Kier molecular flexibility index (Phi) is 4.78. The molecule has 0 aliphatic carbocycles. The van der Waals surface area contributed by atoms with E-state index in [1.165, 1.54) is 18.2 Å². The van der Waals surface area contributed by atoms with Gasteiger partial charge in [0, 0.05) is 15.6 Å². The summed E-state index contributed by atoms with van der Waals surface area (Å²) in [7, 11) is 0. The third kappa shape index (κ3) is 3.19. The molecule has 2 nitrogen and oxygen atoms in total. The molecule has 2 aromatic rings. The highest BCUT2D eigenvalue weighted by Gasteiger charge is 2.14. The number of ketones is 1. The third-order valence-electron chi connectivity index (χ3n) is 2.68. The second-order valence-electron chi connectivity index (χ2n) is 4.03. The number of halogens is 3. The van der Waals surface area contributed by atoms with Crippen LogP contribution in [-0.4, -0.2) is 12.4 Å². The van der Waals surface area contributed by atoms with Crippen molar-refractivity contribution in [3.8, 4) is 5.75 Å². The van der Waals surface area contributed by atoms with Crippen LogP contribution in [0.4, 0.5) is 4.39 Å². The van der Waals surface area contributed by atoms with Gasteiger partial charge in [0.05, 0.1) is 11.6 Å². The van der Waals surface area contributed by atoms with Gasteiger partial charge in [0.1, 0.15) is 11.6 Å². The number of ether oxygens (including phenoxy) is 1. The molecule has 104 valence electrons. The molecule has 0 amide bonds. The molecular formula is C15H11BrClFO2. The van der Waals surface area contributed by atoms with Crippen molar-refractivity contribution in [2.75, 3.05) is 6.61 Å². The van der Waals surface area contributed by atoms with Crippen LogP contribution in [0.15, 0.2) is 40.9 Å². The molecule has 20 heavy (non-hydrogen) atoms. The van der Waals surface area contributed by atoms with Crippen molar-refractivity contribution in [1.29, 1.82) is 0 Å². The molecule has 2 aromatic carbocycles. The zero-order valence-corrected chi connectivity index (χ0v) is 13.0. The topological polar surface area (TPSA) is 26.3 Å². The van der Waals surface area contributed by atoms with E-state index < -0.39 is 5.82 Å². The Morgan fingerprint density at radius 2 is 2.05 bits per heavy atom. The van der Waals surface area contributed by atoms with Crippen LogP contribution in [0.2, 0.25) is 5.02 Å². The monoisotopic (exact) mass is 356 g/mol. The fourth-order valence-corrected chi connectivity index (χ4v) is 2.45. The van der Waals surface area contributed by atoms with Crippen LogP contribution in [0, 0.1) is 5.82 Å². The second-order valence-corrected chi connectivity index (χ2v) is 5.29. The summed E-state index contributed by atoms with van der Waals surface area (Å²) in [6.45, 7) is 2.43. The van der Waals surface area contributed by atoms with Gasteiger partial charge in [0.2, 0.25) is 0 Å². The minimum absolute atomic E-state index is 0.0714. The first-order valence-corrected chi connectivity index (χ1v) is 7.12. The van der Waals surface area contributed by atoms with E-state index in [1.54, 1.807) is 18.2 Å². The van der Waals surface area contributed by atoms with Crippen molar-refractivity contribution in [2.45, 2.75) is 6.92 Å². The maximum Gasteiger partial charge on any atom is 0.194 e. The Morgan fingerprint density at radius 1 is 1.30 bits per heavy atom. The van der Waals surface area contributed by atoms with Crippen molar-refractivity contribution in [3.05, 3.63) is 62.8 Å². The Hall–Kier alpha value is -1.39. The first kappa shape index (κ1) is 15.0. The van der Waals surface area contributed by atoms with Gasteiger partial charge in [-0.3, -0.25) is 4.79 Å². The summed E-state index contributed by atoms with van der Waals surface area (Å²) >= 11 is 9.03. The Bertz CT molecular complexity index is 658. The summed E-state index contributed by atoms with van der Waals surface area (Å²) < 4.78 is 19.1. The number of hydrogen-bond acceptors (Lipinski definition) is 2. The van der Waals surface area contributed by atoms with Gasteiger partial charge in [0.25, 0.3) is 0 Å². The van der Waals surface area contributed by atoms with Gasteiger partial charge in [-0.2, -0.15) is 0 Å². The fraction of sp³-hybridized carbons (Fsp3) is 0.133. The molecule has 5 heteroatoms. The molecule has 0 fully saturated rings. The van der Waals surface area contributed by atoms with Gasteiger partial charge in [-0.1, -0.05) is 11.6 Å². The second kappa shape index (κ2) is 6.37. The summed E-state index contributed by atoms with van der Waals surface area (Å²) in [5.41, 5.74) is 0.803. The normalized spacial score (nSPS) is 10.4. The standard InChI is InChI=1S/C15H11BrClFO2/c1-2-20-10-4-5-11(12(16)8-10)15(19)9-3-6-14(18)13(17)7-9/h3-8H,2H2,1H3. The van der Waals surface area contributed by atoms with E-state index in [4.69, 9.17) is 16.3 Å². The molecule has 0 aliphatic heterocycles. The van der Waals surface area contributed by atoms with Gasteiger partial charge in [-0.25, -0.2) is 4.39 Å². The molecular weight excluding hydrogens is 347 g/mol. The molecule has 0 radical (unpaired) electrons. The van der Waals surface area contributed by atoms with Crippen molar-refractivity contribution in [2.24, 2.45) is 0 Å². The van der Waals surface area contributed by atoms with Gasteiger partial charge in [-0.05, 0) is 59.3 Å². The molecule has 0 N–H and O–H groups in total. The zero-order chi connectivity index (χ0) is 14.7. The zero-order valence-electron chi connectivity index (χ0n) is 10.6. The van der Waals surface area contributed by atoms with Crippen molar-refractivity contribution >= 4 is 33.3 Å². The Balaban J connectivity index is 2.35. The van der Waals surface area contributed by atoms with Crippen molar-refractivity contribution < 1.29 is 13.9 Å². The Morgan fingerprint density at radius 3 is 2.65 bits per heavy atom. The maximum absolute atomic E-state index is 13.1. The summed E-state index contributed by atoms with van der Waals surface area (Å²) in [5, 5.41) is -0.0714. The summed E-state index contributed by atoms with van der Waals surface area (Å²) in [6.07, 6.45) is 0. The van der Waals surface area contributed by atoms with E-state index in [9.17, 15) is 9.18 Å². The Labute approximate surface area is 129 Å². The smallest absolute Gasteiger partial charge is 0.194 e. The third-order valence-corrected chi connectivity index (χ3v) is 3.62. The molecule has 0 unspecified atom stereocenters. The lowest BCUT2D eigenvalue weighted by molar-refractivity contribution is 0.103. The largest absolute Gasteiger partial charge is 0.494 e. The maximum atomic E-state index is 13.1. The van der Waals surface area contributed by atoms with Gasteiger partial charge in [0.15, 0.2) is 5.78 Å². The van der Waals surface area contributed by atoms with Crippen LogP contribution in [0.25, 0.3) is 0 Å². The minimum atomic E-state index is -0.547. The van der Waals surface area contributed by atoms with E-state index in [-0.39, 0.29) is 10.8 Å². The summed E-state index contributed by atoms with van der Waals surface area (Å²) in [5.74, 6) is -0.108. The number of hydrogen-bond donors (Lipinski definition) is 0. The summed E-state index contributed by atoms with van der Waals surface area (Å²) in [6, 6.07) is 9.01. The van der Waals surface area contributed by atoms with Gasteiger partial charge >= 0.3 is 0 Å². The van der Waals surface area contributed by atoms with Gasteiger partial charge in [-0.15, -0.1) is 0 Å². The van der Waals surface area contributed by atoms with Crippen LogP contribution in [-0.2, 0) is 0 Å². The van der Waals surface area contributed by atoms with E-state index in [2.05, 4.69) is 15.9 Å². The van der Waals surface area contributed by atoms with Gasteiger partial charge < -0.3 is 4.74 Å². The predicted octanol–water partition coefficient (Wildman–Crippen LogP) is 4.87. The SMILES string of the molecule is CCOc1ccc(C(=O)c2ccc(F)c(Cl)c2)c(Br)c1. The fourth-order valence-electron chi connectivity index (χ4n) is 1.73. The molecule has 0 spiro atoms. The molecule has 0 saturated carbocycles. The van der Waals surface area contributed by atoms with E-state index in [1.807, 2.05) is 6.92 Å². The van der Waals surface area contributed by atoms with E-state index >= 15 is 0 Å². The average molecular weight is 358 g/mol. The molecule has 0 heterocycles. The van der Waals surface area contributed by atoms with Crippen LogP contribution in [0.3, 0.4) is 0 Å². The van der Waals surface area contributed by atoms with Crippen molar-refractivity contribution in [3.63, 3.8) is 0 Å². The number of rotatable bonds is 4. The summed E-state index contributed by atoms with van der Waals surface area (Å²) in [4.78, 5) is 12.3. The molecule has 2 rings (SSSR count). The first-order valence-electron chi connectivity index (χ1n) is 5.95. The lowest BCUT2D eigenvalue weighted by Crippen LogP contribution is -2.03. The molecule has 0 saturated heterocycles. The molecule has 0 aliphatic rings. The number of carbonyl (C=O) groups excluding carboxylic acids is 1. The molecule has 0 aromatic heterocycles. The lowest BCUT2D eigenvalue weighted by atomic mass is 10.0. The predicted molar refractivity (Wildman–Crippen MR) is 80.2 cm³/mol. The van der Waals surface area contributed by atoms with Crippen LogP contribution >= 0.6 is 27.5 Å². The van der Waals surface area contributed by atoms with Crippen molar-refractivity contribution in [1.82, 2.24) is 0 Å². The van der Waals surface area contributed by atoms with Crippen LogP contribution < -0.4 is 4.74 Å². The number of benzene rings is 2. The van der Waals surface area contributed by atoms with E-state index in [0.717, 1.165) is 0 Å². The van der Waals surface area contributed by atoms with Crippen LogP contribution in [0.1, 0.15) is 22.8 Å². The molecule has 0 bridgehead atoms. The first-order chi connectivity index (χ1) is 9.52. The lowest BCUT2D eigenvalue weighted by Gasteiger charge is -2.08. The molecule has 0 atom stereocenters. The van der Waals surface area contributed by atoms with E-state index in [0.29, 0.717) is 28.0 Å². The van der Waals surface area contributed by atoms with Crippen LogP contribution in [0.5, 0.6) is 5.75 Å². The average Bonchev–Trinajstić information content (AvgIpc) is 2.42. The highest BCUT2D eigenvalue weighted by Crippen LogP contribution is 2.26.